The van der Waals surface area contributed by atoms with E-state index in [1.54, 1.807) is 24.0 Å². The second kappa shape index (κ2) is 6.48. The second-order valence-electron chi connectivity index (χ2n) is 6.13. The first-order chi connectivity index (χ1) is 11.8. The minimum Gasteiger partial charge on any atom is -0.312 e. The van der Waals surface area contributed by atoms with E-state index in [9.17, 15) is 17.6 Å². The van der Waals surface area contributed by atoms with Crippen LogP contribution in [0.5, 0.6) is 0 Å². The quantitative estimate of drug-likeness (QED) is 0.912. The van der Waals surface area contributed by atoms with E-state index in [4.69, 9.17) is 0 Å². The number of carbonyl (C=O) groups excluding carboxylic acids is 1. The Kier molecular flexibility index (Phi) is 4.51. The topological polar surface area (TPSA) is 66.5 Å². The van der Waals surface area contributed by atoms with Crippen LogP contribution >= 0.6 is 0 Å². The van der Waals surface area contributed by atoms with Crippen LogP contribution in [0.15, 0.2) is 41.3 Å². The van der Waals surface area contributed by atoms with Gasteiger partial charge >= 0.3 is 0 Å². The number of fused-ring (bicyclic) bond motifs is 1. The monoisotopic (exact) mass is 362 g/mol. The number of halogens is 1. The third kappa shape index (κ3) is 3.51. The molecule has 3 rings (SSSR count). The Bertz CT molecular complexity index is 941. The summed E-state index contributed by atoms with van der Waals surface area (Å²) < 4.78 is 41.1. The maximum Gasteiger partial charge on any atom is 0.261 e. The van der Waals surface area contributed by atoms with E-state index in [0.29, 0.717) is 18.5 Å². The minimum atomic E-state index is -3.84. The van der Waals surface area contributed by atoms with E-state index in [1.807, 2.05) is 0 Å². The number of anilines is 2. The molecule has 0 bridgehead atoms. The Balaban J connectivity index is 1.96. The van der Waals surface area contributed by atoms with E-state index < -0.39 is 15.8 Å². The van der Waals surface area contributed by atoms with Gasteiger partial charge in [0, 0.05) is 19.2 Å². The Hall–Kier alpha value is -2.41. The molecule has 0 saturated carbocycles. The highest BCUT2D eigenvalue weighted by atomic mass is 32.2. The van der Waals surface area contributed by atoms with E-state index in [1.165, 1.54) is 25.1 Å². The third-order valence-corrected chi connectivity index (χ3v) is 5.67. The van der Waals surface area contributed by atoms with Crippen molar-refractivity contribution in [2.45, 2.75) is 31.6 Å². The summed E-state index contributed by atoms with van der Waals surface area (Å²) in [5.41, 5.74) is 2.41. The molecule has 0 fully saturated rings. The molecule has 1 amide bonds. The first-order valence-corrected chi connectivity index (χ1v) is 9.46. The number of carbonyl (C=O) groups is 1. The molecular formula is C18H19FN2O3S. The van der Waals surface area contributed by atoms with Crippen molar-refractivity contribution in [1.82, 2.24) is 0 Å². The largest absolute Gasteiger partial charge is 0.312 e. The molecule has 0 radical (unpaired) electrons. The standard InChI is InChI=1S/C18H19FN2O3S/c1-12-5-6-15(19)11-17(12)20-25(23,24)16-7-8-18-14(10-16)4-3-9-21(18)13(2)22/h5-8,10-11,20H,3-4,9H2,1-2H3. The van der Waals surface area contributed by atoms with Crippen molar-refractivity contribution in [3.05, 3.63) is 53.3 Å². The zero-order valence-electron chi connectivity index (χ0n) is 14.0. The summed E-state index contributed by atoms with van der Waals surface area (Å²) in [5.74, 6) is -0.573. The van der Waals surface area contributed by atoms with Crippen molar-refractivity contribution in [1.29, 1.82) is 0 Å². The molecule has 7 heteroatoms. The summed E-state index contributed by atoms with van der Waals surface area (Å²) >= 11 is 0. The molecule has 0 aliphatic carbocycles. The molecule has 1 N–H and O–H groups in total. The maximum atomic E-state index is 13.4. The lowest BCUT2D eigenvalue weighted by atomic mass is 10.0. The fourth-order valence-corrected chi connectivity index (χ4v) is 4.15. The van der Waals surface area contributed by atoms with Crippen LogP contribution in [0, 0.1) is 12.7 Å². The number of hydrogen-bond acceptors (Lipinski definition) is 3. The number of nitrogens with zero attached hydrogens (tertiary/aromatic N) is 1. The van der Waals surface area contributed by atoms with Crippen molar-refractivity contribution in [2.75, 3.05) is 16.2 Å². The van der Waals surface area contributed by atoms with Crippen molar-refractivity contribution in [2.24, 2.45) is 0 Å². The second-order valence-corrected chi connectivity index (χ2v) is 7.81. The van der Waals surface area contributed by atoms with Gasteiger partial charge in [-0.2, -0.15) is 0 Å². The van der Waals surface area contributed by atoms with Gasteiger partial charge in [-0.15, -0.1) is 0 Å². The molecule has 0 spiro atoms. The molecule has 0 atom stereocenters. The number of sulfonamides is 1. The number of nitrogens with one attached hydrogen (secondary N) is 1. The van der Waals surface area contributed by atoms with E-state index in [2.05, 4.69) is 4.72 Å². The van der Waals surface area contributed by atoms with E-state index >= 15 is 0 Å². The van der Waals surface area contributed by atoms with Crippen LogP contribution in [0.25, 0.3) is 0 Å². The first kappa shape index (κ1) is 17.4. The van der Waals surface area contributed by atoms with Crippen LogP contribution in [0.4, 0.5) is 15.8 Å². The zero-order valence-corrected chi connectivity index (χ0v) is 14.9. The summed E-state index contributed by atoms with van der Waals surface area (Å²) in [4.78, 5) is 13.5. The molecule has 0 aromatic heterocycles. The lowest BCUT2D eigenvalue weighted by Gasteiger charge is -2.28. The zero-order chi connectivity index (χ0) is 18.2. The summed E-state index contributed by atoms with van der Waals surface area (Å²) in [7, 11) is -3.84. The van der Waals surface area contributed by atoms with Gasteiger partial charge in [0.15, 0.2) is 0 Å². The molecule has 0 saturated heterocycles. The number of aryl methyl sites for hydroxylation is 2. The van der Waals surface area contributed by atoms with Gasteiger partial charge in [-0.05, 0) is 61.2 Å². The molecule has 1 aliphatic heterocycles. The molecule has 2 aromatic rings. The maximum absolute atomic E-state index is 13.4. The average molecular weight is 362 g/mol. The Morgan fingerprint density at radius 3 is 2.68 bits per heavy atom. The van der Waals surface area contributed by atoms with Gasteiger partial charge in [-0.3, -0.25) is 9.52 Å². The molecule has 5 nitrogen and oxygen atoms in total. The number of benzene rings is 2. The molecule has 1 heterocycles. The van der Waals surface area contributed by atoms with Gasteiger partial charge in [-0.1, -0.05) is 6.07 Å². The van der Waals surface area contributed by atoms with Gasteiger partial charge in [-0.25, -0.2) is 12.8 Å². The smallest absolute Gasteiger partial charge is 0.261 e. The summed E-state index contributed by atoms with van der Waals surface area (Å²) in [6.45, 7) is 3.83. The van der Waals surface area contributed by atoms with Crippen LogP contribution in [-0.2, 0) is 21.2 Å². The van der Waals surface area contributed by atoms with Crippen molar-refractivity contribution in [3.8, 4) is 0 Å². The van der Waals surface area contributed by atoms with Crippen LogP contribution in [0.1, 0.15) is 24.5 Å². The normalized spacial score (nSPS) is 14.1. The first-order valence-electron chi connectivity index (χ1n) is 7.98. The summed E-state index contributed by atoms with van der Waals surface area (Å²) in [5, 5.41) is 0. The highest BCUT2D eigenvalue weighted by Crippen LogP contribution is 2.30. The van der Waals surface area contributed by atoms with Crippen molar-refractivity contribution in [3.63, 3.8) is 0 Å². The predicted molar refractivity (Wildman–Crippen MR) is 94.7 cm³/mol. The molecule has 1 aliphatic rings. The fourth-order valence-electron chi connectivity index (χ4n) is 2.98. The van der Waals surface area contributed by atoms with Gasteiger partial charge in [0.25, 0.3) is 10.0 Å². The Labute approximate surface area is 146 Å². The molecule has 25 heavy (non-hydrogen) atoms. The van der Waals surface area contributed by atoms with Crippen molar-refractivity contribution >= 4 is 27.3 Å². The highest BCUT2D eigenvalue weighted by Gasteiger charge is 2.23. The van der Waals surface area contributed by atoms with Crippen molar-refractivity contribution < 1.29 is 17.6 Å². The summed E-state index contributed by atoms with van der Waals surface area (Å²) in [6, 6.07) is 8.66. The summed E-state index contributed by atoms with van der Waals surface area (Å²) in [6.07, 6.45) is 1.49. The van der Waals surface area contributed by atoms with E-state index in [0.717, 1.165) is 23.7 Å². The molecule has 0 unspecified atom stereocenters. The van der Waals surface area contributed by atoms with Gasteiger partial charge in [0.1, 0.15) is 5.82 Å². The lowest BCUT2D eigenvalue weighted by molar-refractivity contribution is -0.116. The van der Waals surface area contributed by atoms with E-state index in [-0.39, 0.29) is 16.5 Å². The van der Waals surface area contributed by atoms with Gasteiger partial charge in [0.05, 0.1) is 10.6 Å². The molecule has 132 valence electrons. The van der Waals surface area contributed by atoms with Gasteiger partial charge < -0.3 is 4.90 Å². The Morgan fingerprint density at radius 2 is 1.96 bits per heavy atom. The van der Waals surface area contributed by atoms with Crippen LogP contribution in [-0.4, -0.2) is 20.9 Å². The van der Waals surface area contributed by atoms with Crippen LogP contribution < -0.4 is 9.62 Å². The van der Waals surface area contributed by atoms with Crippen LogP contribution in [0.3, 0.4) is 0 Å². The number of amides is 1. The molecular weight excluding hydrogens is 343 g/mol. The van der Waals surface area contributed by atoms with Crippen LogP contribution in [0.2, 0.25) is 0 Å². The highest BCUT2D eigenvalue weighted by molar-refractivity contribution is 7.92. The SMILES string of the molecule is CC(=O)N1CCCc2cc(S(=O)(=O)Nc3cc(F)ccc3C)ccc21. The molecule has 2 aromatic carbocycles. The lowest BCUT2D eigenvalue weighted by Crippen LogP contribution is -2.33. The number of rotatable bonds is 3. The number of hydrogen-bond donors (Lipinski definition) is 1. The van der Waals surface area contributed by atoms with Gasteiger partial charge in [0.2, 0.25) is 5.91 Å². The average Bonchev–Trinajstić information content (AvgIpc) is 2.56. The minimum absolute atomic E-state index is 0.0648. The Morgan fingerprint density at radius 1 is 1.20 bits per heavy atom. The predicted octanol–water partition coefficient (Wildman–Crippen LogP) is 3.23. The fraction of sp³-hybridized carbons (Fsp3) is 0.278. The third-order valence-electron chi connectivity index (χ3n) is 4.30.